The molecule has 13 heavy (non-hydrogen) atoms. The van der Waals surface area contributed by atoms with Crippen LogP contribution in [0.15, 0.2) is 30.6 Å². The maximum absolute atomic E-state index is 9.01. The zero-order chi connectivity index (χ0) is 9.26. The molecule has 4 nitrogen and oxygen atoms in total. The van der Waals surface area contributed by atoms with Gasteiger partial charge in [0.25, 0.3) is 0 Å². The summed E-state index contributed by atoms with van der Waals surface area (Å²) in [6.07, 6.45) is 3.12. The van der Waals surface area contributed by atoms with E-state index >= 15 is 0 Å². The first kappa shape index (κ1) is 8.16. The van der Waals surface area contributed by atoms with Crippen molar-refractivity contribution in [2.75, 3.05) is 0 Å². The Bertz CT molecular complexity index is 428. The second kappa shape index (κ2) is 3.12. The van der Waals surface area contributed by atoms with E-state index in [2.05, 4.69) is 9.97 Å². The van der Waals surface area contributed by atoms with Gasteiger partial charge < -0.3 is 10.0 Å². The van der Waals surface area contributed by atoms with E-state index in [0.29, 0.717) is 16.5 Å². The summed E-state index contributed by atoms with van der Waals surface area (Å²) >= 11 is 0. The molecule has 0 amide bonds. The van der Waals surface area contributed by atoms with Crippen LogP contribution in [0.25, 0.3) is 11.0 Å². The van der Waals surface area contributed by atoms with E-state index in [-0.39, 0.29) is 0 Å². The van der Waals surface area contributed by atoms with Gasteiger partial charge in [0.1, 0.15) is 0 Å². The van der Waals surface area contributed by atoms with E-state index in [1.807, 2.05) is 0 Å². The van der Waals surface area contributed by atoms with Crippen molar-refractivity contribution in [3.63, 3.8) is 0 Å². The molecule has 0 spiro atoms. The molecular formula is C8H7BN2O2. The number of hydrogen-bond donors (Lipinski definition) is 2. The van der Waals surface area contributed by atoms with E-state index in [1.165, 1.54) is 6.20 Å². The van der Waals surface area contributed by atoms with Gasteiger partial charge in [0.05, 0.1) is 11.0 Å². The molecule has 2 heterocycles. The van der Waals surface area contributed by atoms with Crippen LogP contribution in [0.1, 0.15) is 0 Å². The van der Waals surface area contributed by atoms with Gasteiger partial charge in [0.15, 0.2) is 0 Å². The van der Waals surface area contributed by atoms with E-state index in [1.54, 1.807) is 24.4 Å². The van der Waals surface area contributed by atoms with E-state index < -0.39 is 7.12 Å². The second-order valence-corrected chi connectivity index (χ2v) is 2.64. The fraction of sp³-hybridized carbons (Fsp3) is 0. The van der Waals surface area contributed by atoms with Gasteiger partial charge >= 0.3 is 7.12 Å². The first-order valence-corrected chi connectivity index (χ1v) is 3.85. The lowest BCUT2D eigenvalue weighted by Gasteiger charge is -2.02. The van der Waals surface area contributed by atoms with Crippen molar-refractivity contribution in [3.8, 4) is 0 Å². The van der Waals surface area contributed by atoms with Crippen LogP contribution in [-0.2, 0) is 0 Å². The number of pyridine rings is 2. The molecule has 0 aliphatic carbocycles. The van der Waals surface area contributed by atoms with Crippen LogP contribution in [0.4, 0.5) is 0 Å². The van der Waals surface area contributed by atoms with Gasteiger partial charge in [-0.3, -0.25) is 9.97 Å². The highest BCUT2D eigenvalue weighted by molar-refractivity contribution is 6.61. The average molecular weight is 174 g/mol. The fourth-order valence-corrected chi connectivity index (χ4v) is 1.21. The predicted octanol–water partition coefficient (Wildman–Crippen LogP) is -0.690. The third-order valence-electron chi connectivity index (χ3n) is 1.81. The summed E-state index contributed by atoms with van der Waals surface area (Å²) in [5.74, 6) is 0. The smallest absolute Gasteiger partial charge is 0.423 e. The van der Waals surface area contributed by atoms with Gasteiger partial charge in [-0.15, -0.1) is 0 Å². The molecule has 5 heteroatoms. The summed E-state index contributed by atoms with van der Waals surface area (Å²) in [5, 5.41) is 18.0. The Labute approximate surface area is 75.0 Å². The summed E-state index contributed by atoms with van der Waals surface area (Å²) in [4.78, 5) is 8.06. The molecule has 64 valence electrons. The molecule has 0 fully saturated rings. The Kier molecular flexibility index (Phi) is 1.96. The highest BCUT2D eigenvalue weighted by Crippen LogP contribution is 2.03. The molecular weight excluding hydrogens is 167 g/mol. The van der Waals surface area contributed by atoms with Crippen molar-refractivity contribution in [3.05, 3.63) is 30.6 Å². The number of rotatable bonds is 1. The molecule has 0 aliphatic heterocycles. The van der Waals surface area contributed by atoms with Gasteiger partial charge in [-0.05, 0) is 18.2 Å². The van der Waals surface area contributed by atoms with Crippen LogP contribution in [0, 0.1) is 0 Å². The molecule has 0 bridgehead atoms. The lowest BCUT2D eigenvalue weighted by atomic mass is 9.80. The third kappa shape index (κ3) is 1.39. The van der Waals surface area contributed by atoms with E-state index in [9.17, 15) is 0 Å². The van der Waals surface area contributed by atoms with Crippen LogP contribution in [0.2, 0.25) is 0 Å². The quantitative estimate of drug-likeness (QED) is 0.561. The van der Waals surface area contributed by atoms with Crippen LogP contribution in [0.5, 0.6) is 0 Å². The van der Waals surface area contributed by atoms with Crippen LogP contribution >= 0.6 is 0 Å². The summed E-state index contributed by atoms with van der Waals surface area (Å²) in [5.41, 5.74) is 1.57. The van der Waals surface area contributed by atoms with Crippen molar-refractivity contribution >= 4 is 23.6 Å². The van der Waals surface area contributed by atoms with Gasteiger partial charge in [-0.2, -0.15) is 0 Å². The Morgan fingerprint density at radius 2 is 1.92 bits per heavy atom. The van der Waals surface area contributed by atoms with Crippen molar-refractivity contribution in [1.82, 2.24) is 9.97 Å². The zero-order valence-corrected chi connectivity index (χ0v) is 6.75. The van der Waals surface area contributed by atoms with Crippen LogP contribution in [-0.4, -0.2) is 27.1 Å². The predicted molar refractivity (Wildman–Crippen MR) is 49.4 cm³/mol. The van der Waals surface area contributed by atoms with Gasteiger partial charge in [-0.25, -0.2) is 0 Å². The van der Waals surface area contributed by atoms with Crippen molar-refractivity contribution < 1.29 is 10.0 Å². The lowest BCUT2D eigenvalue weighted by Crippen LogP contribution is -2.31. The lowest BCUT2D eigenvalue weighted by molar-refractivity contribution is 0.426. The third-order valence-corrected chi connectivity index (χ3v) is 1.81. The fourth-order valence-electron chi connectivity index (χ4n) is 1.21. The Morgan fingerprint density at radius 3 is 2.69 bits per heavy atom. The van der Waals surface area contributed by atoms with Gasteiger partial charge in [0.2, 0.25) is 0 Å². The Morgan fingerprint density at radius 1 is 1.08 bits per heavy atom. The molecule has 0 saturated carbocycles. The van der Waals surface area contributed by atoms with Crippen LogP contribution < -0.4 is 5.46 Å². The van der Waals surface area contributed by atoms with E-state index in [4.69, 9.17) is 10.0 Å². The maximum atomic E-state index is 9.01. The number of hydrogen-bond acceptors (Lipinski definition) is 4. The molecule has 2 N–H and O–H groups in total. The van der Waals surface area contributed by atoms with Crippen LogP contribution in [0.3, 0.4) is 0 Å². The number of fused-ring (bicyclic) bond motifs is 1. The average Bonchev–Trinajstić information content (AvgIpc) is 2.17. The second-order valence-electron chi connectivity index (χ2n) is 2.64. The summed E-state index contributed by atoms with van der Waals surface area (Å²) in [6.45, 7) is 0. The molecule has 0 saturated heterocycles. The molecule has 0 unspecified atom stereocenters. The summed E-state index contributed by atoms with van der Waals surface area (Å²) in [7, 11) is -1.50. The normalized spacial score (nSPS) is 10.3. The maximum Gasteiger partial charge on any atom is 0.490 e. The standard InChI is InChI=1S/C8H7BN2O2/c12-9(13)6-3-5-10-7-2-1-4-11-8(6)7/h1-5,12-13H. The minimum atomic E-state index is -1.50. The monoisotopic (exact) mass is 174 g/mol. The van der Waals surface area contributed by atoms with Crippen molar-refractivity contribution in [2.24, 2.45) is 0 Å². The number of aromatic nitrogens is 2. The molecule has 0 aromatic carbocycles. The highest BCUT2D eigenvalue weighted by atomic mass is 16.4. The zero-order valence-electron chi connectivity index (χ0n) is 6.75. The minimum Gasteiger partial charge on any atom is -0.423 e. The first-order chi connectivity index (χ1) is 6.29. The van der Waals surface area contributed by atoms with E-state index in [0.717, 1.165) is 0 Å². The molecule has 0 aliphatic rings. The molecule has 0 radical (unpaired) electrons. The molecule has 0 atom stereocenters. The first-order valence-electron chi connectivity index (χ1n) is 3.85. The summed E-state index contributed by atoms with van der Waals surface area (Å²) < 4.78 is 0. The molecule has 2 rings (SSSR count). The summed E-state index contributed by atoms with van der Waals surface area (Å²) in [6, 6.07) is 5.07. The minimum absolute atomic E-state index is 0.380. The molecule has 2 aromatic rings. The topological polar surface area (TPSA) is 66.2 Å². The van der Waals surface area contributed by atoms with Crippen molar-refractivity contribution in [1.29, 1.82) is 0 Å². The van der Waals surface area contributed by atoms with Crippen molar-refractivity contribution in [2.45, 2.75) is 0 Å². The largest absolute Gasteiger partial charge is 0.490 e. The Hall–Kier alpha value is -1.46. The van der Waals surface area contributed by atoms with Gasteiger partial charge in [-0.1, -0.05) is 0 Å². The number of nitrogens with zero attached hydrogens (tertiary/aromatic N) is 2. The SMILES string of the molecule is OB(O)c1ccnc2cccnc12. The Balaban J connectivity index is 2.76. The van der Waals surface area contributed by atoms with Gasteiger partial charge in [0, 0.05) is 17.9 Å². The molecule has 2 aromatic heterocycles. The highest BCUT2D eigenvalue weighted by Gasteiger charge is 2.15.